The molecular weight excluding hydrogens is 865 g/mol. The summed E-state index contributed by atoms with van der Waals surface area (Å²) >= 11 is 0. The average Bonchev–Trinajstić information content (AvgIpc) is 3.95. The van der Waals surface area contributed by atoms with Gasteiger partial charge in [-0.3, -0.25) is 19.1 Å². The molecule has 0 bridgehead atoms. The zero-order valence-electron chi connectivity index (χ0n) is 38.2. The topological polar surface area (TPSA) is 208 Å². The molecule has 17 heteroatoms. The fourth-order valence-electron chi connectivity index (χ4n) is 9.20. The van der Waals surface area contributed by atoms with Crippen LogP contribution in [0.3, 0.4) is 0 Å². The summed E-state index contributed by atoms with van der Waals surface area (Å²) < 4.78 is 52.1. The SMILES string of the molecule is COc1ccc2c(c1)oc1c(O[C@@H]3C[C@H]4C(=O)N[C@]5(C(=O)NS(=O)(=O)C6(C)CC6)CC5=C=CCCCCC[C@H](NC(=O)OC5CCCC5)C(=O)N4C3)nc(-c3ccc(C(C)(C)C)cc3)nc12. The first kappa shape index (κ1) is 45.2. The van der Waals surface area contributed by atoms with Crippen LogP contribution in [0.15, 0.2) is 64.3 Å². The average molecular weight is 923 g/mol. The molecular formula is C49H58N6O10S. The lowest BCUT2D eigenvalue weighted by atomic mass is 9.87. The molecule has 2 aliphatic heterocycles. The van der Waals surface area contributed by atoms with Crippen molar-refractivity contribution in [2.24, 2.45) is 0 Å². The molecule has 9 rings (SSSR count). The molecule has 4 heterocycles. The molecule has 4 fully saturated rings. The maximum absolute atomic E-state index is 14.9. The Morgan fingerprint density at radius 3 is 2.42 bits per heavy atom. The smallest absolute Gasteiger partial charge is 0.408 e. The van der Waals surface area contributed by atoms with E-state index in [2.05, 4.69) is 41.9 Å². The molecule has 3 saturated carbocycles. The molecule has 4 aromatic rings. The van der Waals surface area contributed by atoms with Crippen molar-refractivity contribution in [1.82, 2.24) is 30.2 Å². The number of aromatic nitrogens is 2. The summed E-state index contributed by atoms with van der Waals surface area (Å²) in [4.78, 5) is 68.3. The van der Waals surface area contributed by atoms with Crippen LogP contribution in [-0.4, -0.2) is 95.3 Å². The highest BCUT2D eigenvalue weighted by molar-refractivity contribution is 7.91. The van der Waals surface area contributed by atoms with Gasteiger partial charge >= 0.3 is 6.09 Å². The number of rotatable bonds is 9. The Morgan fingerprint density at radius 2 is 1.71 bits per heavy atom. The van der Waals surface area contributed by atoms with Gasteiger partial charge in [0, 0.05) is 35.4 Å². The number of fused-ring (bicyclic) bond motifs is 5. The van der Waals surface area contributed by atoms with Crippen LogP contribution in [0.1, 0.15) is 117 Å². The number of methoxy groups -OCH3 is 1. The Morgan fingerprint density at radius 1 is 0.970 bits per heavy atom. The molecule has 1 saturated heterocycles. The number of amides is 4. The number of nitrogens with zero attached hydrogens (tertiary/aromatic N) is 3. The highest BCUT2D eigenvalue weighted by Crippen LogP contribution is 2.46. The number of carbonyl (C=O) groups is 4. The molecule has 2 aromatic carbocycles. The van der Waals surface area contributed by atoms with E-state index in [-0.39, 0.29) is 48.8 Å². The third-order valence-corrected chi connectivity index (χ3v) is 16.0. The second kappa shape index (κ2) is 17.4. The molecule has 3 N–H and O–H groups in total. The first-order chi connectivity index (χ1) is 31.5. The number of alkyl carbamates (subject to hydrolysis) is 1. The largest absolute Gasteiger partial charge is 0.497 e. The van der Waals surface area contributed by atoms with Gasteiger partial charge < -0.3 is 34.2 Å². The predicted octanol–water partition coefficient (Wildman–Crippen LogP) is 7.04. The third-order valence-electron chi connectivity index (χ3n) is 13.8. The number of sulfonamides is 1. The van der Waals surface area contributed by atoms with Crippen molar-refractivity contribution in [3.05, 3.63) is 65.4 Å². The summed E-state index contributed by atoms with van der Waals surface area (Å²) in [5.41, 5.74) is 4.90. The Bertz CT molecular complexity index is 2760. The van der Waals surface area contributed by atoms with Crippen molar-refractivity contribution in [2.75, 3.05) is 13.7 Å². The minimum atomic E-state index is -4.06. The van der Waals surface area contributed by atoms with Crippen molar-refractivity contribution in [3.8, 4) is 23.0 Å². The minimum Gasteiger partial charge on any atom is -0.497 e. The second-order valence-electron chi connectivity index (χ2n) is 19.7. The lowest BCUT2D eigenvalue weighted by Gasteiger charge is -2.29. The van der Waals surface area contributed by atoms with Gasteiger partial charge in [-0.25, -0.2) is 18.2 Å². The van der Waals surface area contributed by atoms with E-state index in [1.165, 1.54) is 4.90 Å². The van der Waals surface area contributed by atoms with E-state index in [1.54, 1.807) is 26.2 Å². The molecule has 5 aliphatic rings. The van der Waals surface area contributed by atoms with Gasteiger partial charge in [-0.05, 0) is 93.9 Å². The van der Waals surface area contributed by atoms with Gasteiger partial charge in [-0.2, -0.15) is 4.98 Å². The molecule has 66 heavy (non-hydrogen) atoms. The van der Waals surface area contributed by atoms with E-state index >= 15 is 0 Å². The maximum Gasteiger partial charge on any atom is 0.408 e. The molecule has 3 aliphatic carbocycles. The number of hydrogen-bond acceptors (Lipinski definition) is 12. The van der Waals surface area contributed by atoms with Crippen LogP contribution in [0.4, 0.5) is 4.79 Å². The number of hydrogen-bond donors (Lipinski definition) is 3. The normalized spacial score (nSPS) is 24.7. The molecule has 16 nitrogen and oxygen atoms in total. The summed E-state index contributed by atoms with van der Waals surface area (Å²) in [6, 6.07) is 11.1. The highest BCUT2D eigenvalue weighted by atomic mass is 32.2. The fraction of sp³-hybridized carbons (Fsp3) is 0.531. The Labute approximate surface area is 384 Å². The van der Waals surface area contributed by atoms with Crippen LogP contribution in [0.2, 0.25) is 0 Å². The van der Waals surface area contributed by atoms with E-state index in [0.717, 1.165) is 49.7 Å². The van der Waals surface area contributed by atoms with Gasteiger partial charge in [-0.15, -0.1) is 5.73 Å². The maximum atomic E-state index is 14.9. The Kier molecular flexibility index (Phi) is 11.9. The number of ether oxygens (including phenoxy) is 3. The van der Waals surface area contributed by atoms with Gasteiger partial charge in [0.15, 0.2) is 11.4 Å². The van der Waals surface area contributed by atoms with Gasteiger partial charge in [-0.1, -0.05) is 57.9 Å². The van der Waals surface area contributed by atoms with Crippen LogP contribution in [0.5, 0.6) is 11.6 Å². The van der Waals surface area contributed by atoms with Gasteiger partial charge in [0.05, 0.1) is 18.4 Å². The van der Waals surface area contributed by atoms with Crippen molar-refractivity contribution in [1.29, 1.82) is 0 Å². The van der Waals surface area contributed by atoms with E-state index in [4.69, 9.17) is 28.6 Å². The van der Waals surface area contributed by atoms with Gasteiger partial charge in [0.2, 0.25) is 27.4 Å². The van der Waals surface area contributed by atoms with Crippen LogP contribution in [-0.2, 0) is 34.6 Å². The Hall–Kier alpha value is -5.93. The minimum absolute atomic E-state index is 0.0420. The third kappa shape index (κ3) is 8.99. The standard InChI is InChI=1S/C49H58N6O10S/c1-47(2,3)30-19-17-29(18-20-30)41-51-39-35-22-21-33(62-5)26-38(35)65-40(39)43(52-41)63-34-25-37-42(56)53-49(45(58)54-66(60,61)48(4)23-24-48)27-31(49)13-9-7-6-8-10-16-36(44(57)55(37)28-34)50-46(59)64-32-14-11-12-15-32/h9,17-22,26,32,34,36-37H,6-8,10-12,14-16,23-25,27-28H2,1-5H3,(H,50,59)(H,53,56)(H,54,58)/t13?,34-,36+,37+,49-/m1/s1. The number of carbonyl (C=O) groups excluding carboxylic acids is 4. The molecule has 4 amide bonds. The van der Waals surface area contributed by atoms with E-state index in [9.17, 15) is 27.6 Å². The molecule has 0 radical (unpaired) electrons. The first-order valence-electron chi connectivity index (χ1n) is 23.1. The summed E-state index contributed by atoms with van der Waals surface area (Å²) in [6.45, 7) is 7.88. The summed E-state index contributed by atoms with van der Waals surface area (Å²) in [6.07, 6.45) is 7.16. The fourth-order valence-corrected chi connectivity index (χ4v) is 10.5. The summed E-state index contributed by atoms with van der Waals surface area (Å²) in [7, 11) is -2.50. The molecule has 4 atom stereocenters. The molecule has 350 valence electrons. The monoisotopic (exact) mass is 922 g/mol. The number of nitrogens with one attached hydrogen (secondary N) is 3. The van der Waals surface area contributed by atoms with Gasteiger partial charge in [0.25, 0.3) is 11.8 Å². The zero-order chi connectivity index (χ0) is 46.6. The summed E-state index contributed by atoms with van der Waals surface area (Å²) in [5.74, 6) is -1.06. The first-order valence-corrected chi connectivity index (χ1v) is 24.6. The Balaban J connectivity index is 1.07. The summed E-state index contributed by atoms with van der Waals surface area (Å²) in [5, 5.41) is 6.39. The van der Waals surface area contributed by atoms with Crippen LogP contribution < -0.4 is 24.8 Å². The van der Waals surface area contributed by atoms with E-state index in [0.29, 0.717) is 59.3 Å². The second-order valence-corrected chi connectivity index (χ2v) is 21.9. The lowest BCUT2D eigenvalue weighted by Crippen LogP contribution is -2.58. The van der Waals surface area contributed by atoms with Crippen LogP contribution in [0.25, 0.3) is 33.5 Å². The number of benzene rings is 2. The molecule has 0 unspecified atom stereocenters. The van der Waals surface area contributed by atoms with Crippen molar-refractivity contribution < 1.29 is 46.2 Å². The van der Waals surface area contributed by atoms with Crippen LogP contribution in [0, 0.1) is 0 Å². The molecule has 0 spiro atoms. The van der Waals surface area contributed by atoms with Crippen LogP contribution >= 0.6 is 0 Å². The zero-order valence-corrected chi connectivity index (χ0v) is 39.0. The molecule has 2 aromatic heterocycles. The van der Waals surface area contributed by atoms with Crippen molar-refractivity contribution in [3.63, 3.8) is 0 Å². The highest BCUT2D eigenvalue weighted by Gasteiger charge is 2.61. The predicted molar refractivity (Wildman–Crippen MR) is 245 cm³/mol. The number of furan rings is 1. The van der Waals surface area contributed by atoms with Crippen molar-refractivity contribution >= 4 is 55.9 Å². The lowest BCUT2D eigenvalue weighted by molar-refractivity contribution is -0.141. The van der Waals surface area contributed by atoms with Crippen molar-refractivity contribution in [2.45, 2.75) is 151 Å². The van der Waals surface area contributed by atoms with E-state index < -0.39 is 62.3 Å². The van der Waals surface area contributed by atoms with E-state index in [1.807, 2.05) is 36.4 Å². The van der Waals surface area contributed by atoms with Gasteiger partial charge in [0.1, 0.15) is 41.1 Å². The quantitative estimate of drug-likeness (QED) is 0.145.